The molecule has 0 saturated heterocycles. The molecule has 0 aliphatic carbocycles. The SMILES string of the molecule is C=Cc1ccc(-n2cncn2)c([N+](=O)[O-])c1. The van der Waals surface area contributed by atoms with E-state index in [0.29, 0.717) is 11.3 Å². The number of aromatic nitrogens is 3. The van der Waals surface area contributed by atoms with E-state index in [2.05, 4.69) is 16.7 Å². The molecule has 0 bridgehead atoms. The highest BCUT2D eigenvalue weighted by Gasteiger charge is 2.15. The topological polar surface area (TPSA) is 73.8 Å². The van der Waals surface area contributed by atoms with Crippen LogP contribution in [0.25, 0.3) is 11.8 Å². The highest BCUT2D eigenvalue weighted by Crippen LogP contribution is 2.23. The molecule has 0 saturated carbocycles. The number of hydrogen-bond donors (Lipinski definition) is 0. The monoisotopic (exact) mass is 216 g/mol. The fourth-order valence-corrected chi connectivity index (χ4v) is 1.34. The molecular weight excluding hydrogens is 208 g/mol. The van der Waals surface area contributed by atoms with Gasteiger partial charge in [0.05, 0.1) is 4.92 Å². The van der Waals surface area contributed by atoms with Gasteiger partial charge in [0, 0.05) is 6.07 Å². The zero-order chi connectivity index (χ0) is 11.5. The number of nitro benzene ring substituents is 1. The van der Waals surface area contributed by atoms with Gasteiger partial charge in [-0.15, -0.1) is 0 Å². The largest absolute Gasteiger partial charge is 0.295 e. The minimum absolute atomic E-state index is 0.0251. The summed E-state index contributed by atoms with van der Waals surface area (Å²) in [6, 6.07) is 4.80. The summed E-state index contributed by atoms with van der Waals surface area (Å²) >= 11 is 0. The average molecular weight is 216 g/mol. The van der Waals surface area contributed by atoms with Crippen LogP contribution in [-0.2, 0) is 0 Å². The van der Waals surface area contributed by atoms with Crippen molar-refractivity contribution in [2.24, 2.45) is 0 Å². The second kappa shape index (κ2) is 3.93. The van der Waals surface area contributed by atoms with Crippen molar-refractivity contribution < 1.29 is 4.92 Å². The number of benzene rings is 1. The van der Waals surface area contributed by atoms with Crippen molar-refractivity contribution in [2.45, 2.75) is 0 Å². The minimum Gasteiger partial charge on any atom is -0.258 e. The Bertz CT molecular complexity index is 534. The summed E-state index contributed by atoms with van der Waals surface area (Å²) in [5, 5.41) is 14.8. The van der Waals surface area contributed by atoms with Gasteiger partial charge >= 0.3 is 0 Å². The Hall–Kier alpha value is -2.50. The molecule has 6 heteroatoms. The molecule has 0 spiro atoms. The minimum atomic E-state index is -0.454. The van der Waals surface area contributed by atoms with Gasteiger partial charge in [-0.05, 0) is 11.6 Å². The number of rotatable bonds is 3. The smallest absolute Gasteiger partial charge is 0.258 e. The summed E-state index contributed by atoms with van der Waals surface area (Å²) in [7, 11) is 0. The third-order valence-corrected chi connectivity index (χ3v) is 2.10. The van der Waals surface area contributed by atoms with Crippen LogP contribution in [0, 0.1) is 10.1 Å². The van der Waals surface area contributed by atoms with E-state index in [9.17, 15) is 10.1 Å². The average Bonchev–Trinajstić information content (AvgIpc) is 2.81. The van der Waals surface area contributed by atoms with Crippen molar-refractivity contribution in [1.82, 2.24) is 14.8 Å². The molecule has 0 unspecified atom stereocenters. The molecule has 1 aromatic heterocycles. The fourth-order valence-electron chi connectivity index (χ4n) is 1.34. The summed E-state index contributed by atoms with van der Waals surface area (Å²) < 4.78 is 1.35. The lowest BCUT2D eigenvalue weighted by atomic mass is 10.2. The van der Waals surface area contributed by atoms with E-state index < -0.39 is 4.92 Å². The highest BCUT2D eigenvalue weighted by molar-refractivity contribution is 5.60. The first kappa shape index (κ1) is 10.0. The van der Waals surface area contributed by atoms with Crippen LogP contribution in [0.15, 0.2) is 37.4 Å². The molecule has 80 valence electrons. The fraction of sp³-hybridized carbons (Fsp3) is 0. The molecule has 0 N–H and O–H groups in total. The summed E-state index contributed by atoms with van der Waals surface area (Å²) in [4.78, 5) is 14.2. The standard InChI is InChI=1S/C10H8N4O2/c1-2-8-3-4-9(10(5-8)14(15)16)13-7-11-6-12-13/h2-7H,1H2. The predicted octanol–water partition coefficient (Wildman–Crippen LogP) is 1.82. The molecule has 0 aliphatic heterocycles. The van der Waals surface area contributed by atoms with E-state index in [-0.39, 0.29) is 5.69 Å². The number of nitro groups is 1. The van der Waals surface area contributed by atoms with Crippen LogP contribution in [0.4, 0.5) is 5.69 Å². The Balaban J connectivity index is 2.61. The molecular formula is C10H8N4O2. The van der Waals surface area contributed by atoms with Crippen LogP contribution in [0.3, 0.4) is 0 Å². The first-order valence-corrected chi connectivity index (χ1v) is 4.48. The van der Waals surface area contributed by atoms with Gasteiger partial charge in [-0.3, -0.25) is 10.1 Å². The maximum absolute atomic E-state index is 10.9. The van der Waals surface area contributed by atoms with Crippen LogP contribution < -0.4 is 0 Å². The van der Waals surface area contributed by atoms with Gasteiger partial charge in [-0.1, -0.05) is 18.7 Å². The second-order valence-electron chi connectivity index (χ2n) is 3.05. The molecule has 2 aromatic rings. The Morgan fingerprint density at radius 3 is 2.88 bits per heavy atom. The first-order chi connectivity index (χ1) is 7.72. The lowest BCUT2D eigenvalue weighted by Gasteiger charge is -2.02. The van der Waals surface area contributed by atoms with Gasteiger partial charge in [0.15, 0.2) is 0 Å². The van der Waals surface area contributed by atoms with Gasteiger partial charge in [0.25, 0.3) is 5.69 Å². The molecule has 16 heavy (non-hydrogen) atoms. The molecule has 6 nitrogen and oxygen atoms in total. The third kappa shape index (κ3) is 1.68. The van der Waals surface area contributed by atoms with Crippen LogP contribution in [-0.4, -0.2) is 19.7 Å². The summed E-state index contributed by atoms with van der Waals surface area (Å²) in [5.41, 5.74) is 1.05. The lowest BCUT2D eigenvalue weighted by Crippen LogP contribution is -2.00. The Morgan fingerprint density at radius 2 is 2.31 bits per heavy atom. The zero-order valence-electron chi connectivity index (χ0n) is 8.28. The lowest BCUT2D eigenvalue weighted by molar-refractivity contribution is -0.384. The molecule has 2 rings (SSSR count). The van der Waals surface area contributed by atoms with Crippen molar-refractivity contribution in [3.05, 3.63) is 53.1 Å². The van der Waals surface area contributed by atoms with E-state index in [1.165, 1.54) is 23.4 Å². The quantitative estimate of drug-likeness (QED) is 0.579. The van der Waals surface area contributed by atoms with Crippen molar-refractivity contribution in [3.63, 3.8) is 0 Å². The van der Waals surface area contributed by atoms with Crippen molar-refractivity contribution in [2.75, 3.05) is 0 Å². The maximum atomic E-state index is 10.9. The van der Waals surface area contributed by atoms with Crippen LogP contribution in [0.1, 0.15) is 5.56 Å². The van der Waals surface area contributed by atoms with Gasteiger partial charge in [-0.2, -0.15) is 5.10 Å². The summed E-state index contributed by atoms with van der Waals surface area (Å²) in [6.07, 6.45) is 4.29. The Labute approximate surface area is 91.0 Å². The van der Waals surface area contributed by atoms with E-state index in [4.69, 9.17) is 0 Å². The number of nitrogens with zero attached hydrogens (tertiary/aromatic N) is 4. The van der Waals surface area contributed by atoms with Gasteiger partial charge in [0.2, 0.25) is 0 Å². The molecule has 0 fully saturated rings. The van der Waals surface area contributed by atoms with Crippen molar-refractivity contribution >= 4 is 11.8 Å². The predicted molar refractivity (Wildman–Crippen MR) is 58.1 cm³/mol. The third-order valence-electron chi connectivity index (χ3n) is 2.10. The Kier molecular flexibility index (Phi) is 2.47. The van der Waals surface area contributed by atoms with E-state index in [1.807, 2.05) is 0 Å². The first-order valence-electron chi connectivity index (χ1n) is 4.48. The van der Waals surface area contributed by atoms with E-state index in [0.717, 1.165) is 0 Å². The van der Waals surface area contributed by atoms with Crippen molar-refractivity contribution in [3.8, 4) is 5.69 Å². The summed E-state index contributed by atoms with van der Waals surface area (Å²) in [6.45, 7) is 3.57. The van der Waals surface area contributed by atoms with Gasteiger partial charge in [0.1, 0.15) is 18.3 Å². The molecule has 0 amide bonds. The number of hydrogen-bond acceptors (Lipinski definition) is 4. The van der Waals surface area contributed by atoms with Gasteiger partial charge < -0.3 is 0 Å². The van der Waals surface area contributed by atoms with Crippen LogP contribution >= 0.6 is 0 Å². The summed E-state index contributed by atoms with van der Waals surface area (Å²) in [5.74, 6) is 0. The molecule has 1 heterocycles. The molecule has 0 aliphatic rings. The molecule has 0 atom stereocenters. The van der Waals surface area contributed by atoms with Crippen LogP contribution in [0.5, 0.6) is 0 Å². The molecule has 0 radical (unpaired) electrons. The van der Waals surface area contributed by atoms with E-state index >= 15 is 0 Å². The second-order valence-corrected chi connectivity index (χ2v) is 3.05. The zero-order valence-corrected chi connectivity index (χ0v) is 8.28. The van der Waals surface area contributed by atoms with Crippen LogP contribution in [0.2, 0.25) is 0 Å². The van der Waals surface area contributed by atoms with E-state index in [1.54, 1.807) is 18.2 Å². The van der Waals surface area contributed by atoms with Gasteiger partial charge in [-0.25, -0.2) is 9.67 Å². The molecule has 1 aromatic carbocycles. The Morgan fingerprint density at radius 1 is 1.50 bits per heavy atom. The normalized spacial score (nSPS) is 10.0. The maximum Gasteiger partial charge on any atom is 0.295 e. The highest BCUT2D eigenvalue weighted by atomic mass is 16.6. The van der Waals surface area contributed by atoms with Crippen molar-refractivity contribution in [1.29, 1.82) is 0 Å².